The van der Waals surface area contributed by atoms with Gasteiger partial charge in [-0.3, -0.25) is 14.5 Å². The van der Waals surface area contributed by atoms with Crippen LogP contribution >= 0.6 is 11.8 Å². The van der Waals surface area contributed by atoms with Gasteiger partial charge in [-0.05, 0) is 44.4 Å². The minimum Gasteiger partial charge on any atom is -0.467 e. The fourth-order valence-electron chi connectivity index (χ4n) is 2.49. The van der Waals surface area contributed by atoms with E-state index in [4.69, 9.17) is 9.47 Å². The van der Waals surface area contributed by atoms with Crippen LogP contribution in [0.2, 0.25) is 0 Å². The van der Waals surface area contributed by atoms with Gasteiger partial charge in [-0.15, -0.1) is 0 Å². The summed E-state index contributed by atoms with van der Waals surface area (Å²) in [5.74, 6) is -0.915. The maximum Gasteiger partial charge on any atom is 0.328 e. The summed E-state index contributed by atoms with van der Waals surface area (Å²) < 4.78 is 9.58. The highest BCUT2D eigenvalue weighted by molar-refractivity contribution is 8.14. The highest BCUT2D eigenvalue weighted by atomic mass is 32.2. The second kappa shape index (κ2) is 9.58. The molecule has 138 valence electrons. The highest BCUT2D eigenvalue weighted by Crippen LogP contribution is 2.30. The molecule has 0 saturated carbocycles. The van der Waals surface area contributed by atoms with E-state index in [0.29, 0.717) is 5.69 Å². The monoisotopic (exact) mass is 367 g/mol. The first kappa shape index (κ1) is 21.2. The lowest BCUT2D eigenvalue weighted by Crippen LogP contribution is -2.46. The molecule has 0 fully saturated rings. The molecule has 0 aliphatic carbocycles. The molecule has 1 atom stereocenters. The van der Waals surface area contributed by atoms with Crippen molar-refractivity contribution in [2.45, 2.75) is 33.7 Å². The molecule has 1 aromatic rings. The van der Waals surface area contributed by atoms with E-state index in [1.807, 2.05) is 32.9 Å². The number of aryl methyl sites for hydroxylation is 2. The van der Waals surface area contributed by atoms with Crippen molar-refractivity contribution >= 4 is 34.4 Å². The van der Waals surface area contributed by atoms with E-state index in [2.05, 4.69) is 0 Å². The van der Waals surface area contributed by atoms with E-state index < -0.39 is 12.0 Å². The highest BCUT2D eigenvalue weighted by Gasteiger charge is 2.30. The predicted octanol–water partition coefficient (Wildman–Crippen LogP) is 2.41. The third-order valence-corrected chi connectivity index (χ3v) is 4.79. The van der Waals surface area contributed by atoms with Crippen LogP contribution in [0.1, 0.15) is 23.6 Å². The Kier molecular flexibility index (Phi) is 8.12. The fourth-order valence-corrected chi connectivity index (χ4v) is 3.11. The number of benzene rings is 1. The van der Waals surface area contributed by atoms with Crippen LogP contribution in [-0.2, 0) is 23.9 Å². The zero-order valence-corrected chi connectivity index (χ0v) is 16.4. The number of amides is 1. The van der Waals surface area contributed by atoms with Gasteiger partial charge in [0, 0.05) is 7.11 Å². The number of methoxy groups -OCH3 is 2. The van der Waals surface area contributed by atoms with E-state index >= 15 is 0 Å². The van der Waals surface area contributed by atoms with Gasteiger partial charge in [-0.2, -0.15) is 0 Å². The molecule has 6 nitrogen and oxygen atoms in total. The van der Waals surface area contributed by atoms with Gasteiger partial charge in [0.25, 0.3) is 0 Å². The van der Waals surface area contributed by atoms with Gasteiger partial charge >= 0.3 is 5.97 Å². The van der Waals surface area contributed by atoms with Crippen LogP contribution in [0.4, 0.5) is 5.69 Å². The smallest absolute Gasteiger partial charge is 0.328 e. The average molecular weight is 367 g/mol. The van der Waals surface area contributed by atoms with Crippen LogP contribution in [0.25, 0.3) is 0 Å². The Balaban J connectivity index is 3.23. The van der Waals surface area contributed by atoms with Crippen LogP contribution in [0.3, 0.4) is 0 Å². The second-order valence-electron chi connectivity index (χ2n) is 5.73. The van der Waals surface area contributed by atoms with E-state index in [-0.39, 0.29) is 23.4 Å². The van der Waals surface area contributed by atoms with Crippen LogP contribution < -0.4 is 4.90 Å². The molecule has 0 spiro atoms. The summed E-state index contributed by atoms with van der Waals surface area (Å²) in [6, 6.07) is 3.08. The fraction of sp³-hybridized carbons (Fsp3) is 0.500. The predicted molar refractivity (Wildman–Crippen MR) is 99.0 cm³/mol. The number of hydrogen-bond acceptors (Lipinski definition) is 6. The first-order chi connectivity index (χ1) is 11.7. The number of thioether (sulfide) groups is 1. The van der Waals surface area contributed by atoms with Gasteiger partial charge in [-0.1, -0.05) is 23.9 Å². The van der Waals surface area contributed by atoms with E-state index in [1.54, 1.807) is 6.92 Å². The van der Waals surface area contributed by atoms with Crippen molar-refractivity contribution in [3.63, 3.8) is 0 Å². The summed E-state index contributed by atoms with van der Waals surface area (Å²) in [7, 11) is 2.71. The van der Waals surface area contributed by atoms with E-state index in [0.717, 1.165) is 28.5 Å². The quantitative estimate of drug-likeness (QED) is 0.689. The van der Waals surface area contributed by atoms with Gasteiger partial charge in [0.1, 0.15) is 12.6 Å². The first-order valence-corrected chi connectivity index (χ1v) is 8.84. The number of hydrogen-bond donors (Lipinski definition) is 0. The lowest BCUT2D eigenvalue weighted by molar-refractivity contribution is -0.142. The normalized spacial score (nSPS) is 11.8. The van der Waals surface area contributed by atoms with Gasteiger partial charge in [-0.25, -0.2) is 4.79 Å². The maximum absolute atomic E-state index is 12.8. The summed E-state index contributed by atoms with van der Waals surface area (Å²) in [4.78, 5) is 38.0. The zero-order chi connectivity index (χ0) is 19.1. The Hall–Kier alpha value is -1.86. The molecule has 1 unspecified atom stereocenters. The van der Waals surface area contributed by atoms with Gasteiger partial charge < -0.3 is 9.47 Å². The third kappa shape index (κ3) is 5.31. The molecule has 1 aromatic carbocycles. The van der Waals surface area contributed by atoms with Crippen molar-refractivity contribution in [2.75, 3.05) is 31.5 Å². The average Bonchev–Trinajstić information content (AvgIpc) is 2.59. The molecular weight excluding hydrogens is 342 g/mol. The summed E-state index contributed by atoms with van der Waals surface area (Å²) in [5, 5.41) is -0.237. The molecule has 0 radical (unpaired) electrons. The topological polar surface area (TPSA) is 72.9 Å². The second-order valence-corrected chi connectivity index (χ2v) is 6.76. The molecule has 25 heavy (non-hydrogen) atoms. The molecule has 0 aromatic heterocycles. The number of esters is 1. The molecule has 0 heterocycles. The van der Waals surface area contributed by atoms with Gasteiger partial charge in [0.15, 0.2) is 0 Å². The minimum atomic E-state index is -0.796. The van der Waals surface area contributed by atoms with Crippen LogP contribution in [0, 0.1) is 20.8 Å². The number of carbonyl (C=O) groups is 3. The molecule has 7 heteroatoms. The first-order valence-electron chi connectivity index (χ1n) is 7.85. The van der Waals surface area contributed by atoms with Crippen LogP contribution in [-0.4, -0.2) is 49.6 Å². The molecule has 0 bridgehead atoms. The number of carbonyl (C=O) groups excluding carboxylic acids is 3. The Morgan fingerprint density at radius 3 is 2.28 bits per heavy atom. The molecule has 0 N–H and O–H groups in total. The number of rotatable bonds is 7. The summed E-state index contributed by atoms with van der Waals surface area (Å²) in [6.07, 6.45) is 0. The lowest BCUT2D eigenvalue weighted by Gasteiger charge is -2.31. The Labute approximate surface area is 152 Å². The SMILES string of the molecule is COCC(=O)SCC(=O)N(c1c(C)ccc(C)c1C)C(C)C(=O)OC. The molecule has 1 amide bonds. The van der Waals surface area contributed by atoms with Crippen molar-refractivity contribution in [1.29, 1.82) is 0 Å². The Morgan fingerprint density at radius 1 is 1.12 bits per heavy atom. The largest absolute Gasteiger partial charge is 0.467 e. The Bertz CT molecular complexity index is 659. The zero-order valence-electron chi connectivity index (χ0n) is 15.5. The summed E-state index contributed by atoms with van der Waals surface area (Å²) in [6.45, 7) is 7.29. The minimum absolute atomic E-state index is 0.0625. The van der Waals surface area contributed by atoms with Crippen LogP contribution in [0.15, 0.2) is 12.1 Å². The molecule has 0 saturated heterocycles. The summed E-state index contributed by atoms with van der Waals surface area (Å²) in [5.41, 5.74) is 3.49. The molecule has 0 aliphatic rings. The van der Waals surface area contributed by atoms with Crippen molar-refractivity contribution in [3.05, 3.63) is 28.8 Å². The molecule has 1 rings (SSSR count). The van der Waals surface area contributed by atoms with E-state index in [9.17, 15) is 14.4 Å². The maximum atomic E-state index is 12.8. The number of nitrogens with zero attached hydrogens (tertiary/aromatic N) is 1. The molecule has 0 aliphatic heterocycles. The third-order valence-electron chi connectivity index (χ3n) is 3.96. The lowest BCUT2D eigenvalue weighted by atomic mass is 10.0. The van der Waals surface area contributed by atoms with Crippen molar-refractivity contribution in [3.8, 4) is 0 Å². The summed E-state index contributed by atoms with van der Waals surface area (Å²) >= 11 is 0.878. The Morgan fingerprint density at radius 2 is 1.72 bits per heavy atom. The van der Waals surface area contributed by atoms with Crippen molar-refractivity contribution in [2.24, 2.45) is 0 Å². The standard InChI is InChI=1S/C18H25NO5S/c1-11-7-8-12(2)17(13(11)3)19(14(4)18(22)24-6)15(20)10-25-16(21)9-23-5/h7-8,14H,9-10H2,1-6H3. The number of anilines is 1. The van der Waals surface area contributed by atoms with Crippen molar-refractivity contribution < 1.29 is 23.9 Å². The number of ether oxygens (including phenoxy) is 2. The van der Waals surface area contributed by atoms with E-state index in [1.165, 1.54) is 19.1 Å². The van der Waals surface area contributed by atoms with Gasteiger partial charge in [0.05, 0.1) is 18.6 Å². The van der Waals surface area contributed by atoms with Gasteiger partial charge in [0.2, 0.25) is 11.0 Å². The molecular formula is C18H25NO5S. The van der Waals surface area contributed by atoms with Crippen LogP contribution in [0.5, 0.6) is 0 Å². The van der Waals surface area contributed by atoms with Crippen molar-refractivity contribution in [1.82, 2.24) is 0 Å².